The van der Waals surface area contributed by atoms with Gasteiger partial charge in [-0.15, -0.1) is 11.3 Å². The number of ether oxygens (including phenoxy) is 2. The maximum atomic E-state index is 12.8. The second-order valence-corrected chi connectivity index (χ2v) is 8.57. The van der Waals surface area contributed by atoms with E-state index in [9.17, 15) is 4.79 Å². The van der Waals surface area contributed by atoms with E-state index in [0.717, 1.165) is 16.0 Å². The van der Waals surface area contributed by atoms with Crippen LogP contribution < -0.4 is 20.3 Å². The maximum Gasteiger partial charge on any atom is 0.253 e. The van der Waals surface area contributed by atoms with Crippen LogP contribution in [0.15, 0.2) is 70.8 Å². The lowest BCUT2D eigenvalue weighted by Crippen LogP contribution is -2.35. The van der Waals surface area contributed by atoms with Crippen LogP contribution in [0.25, 0.3) is 10.9 Å². The molecule has 0 atom stereocenters. The first-order valence-corrected chi connectivity index (χ1v) is 11.0. The highest BCUT2D eigenvalue weighted by Crippen LogP contribution is 2.35. The van der Waals surface area contributed by atoms with E-state index in [-0.39, 0.29) is 12.4 Å². The maximum absolute atomic E-state index is 12.8. The summed E-state index contributed by atoms with van der Waals surface area (Å²) in [5.41, 5.74) is 2.10. The van der Waals surface area contributed by atoms with E-state index in [0.29, 0.717) is 40.8 Å². The number of nitrogens with zero attached hydrogens (tertiary/aromatic N) is 1. The van der Waals surface area contributed by atoms with Gasteiger partial charge in [0.1, 0.15) is 0 Å². The molecule has 0 fully saturated rings. The third-order valence-electron chi connectivity index (χ3n) is 5.01. The average molecular weight is 450 g/mol. The topological polar surface area (TPSA) is 66.6 Å². The number of para-hydroxylation sites is 1. The van der Waals surface area contributed by atoms with E-state index in [1.54, 1.807) is 17.4 Å². The summed E-state index contributed by atoms with van der Waals surface area (Å²) in [5, 5.41) is 6.76. The zero-order valence-corrected chi connectivity index (χ0v) is 18.1. The normalized spacial score (nSPS) is 12.1. The summed E-state index contributed by atoms with van der Waals surface area (Å²) in [6, 6.07) is 19.4. The van der Waals surface area contributed by atoms with Gasteiger partial charge in [-0.25, -0.2) is 0 Å². The number of thiophene rings is 1. The predicted octanol–water partition coefficient (Wildman–Crippen LogP) is 4.72. The minimum Gasteiger partial charge on any atom is -0.454 e. The molecular formula is C23H19N3O3S2. The van der Waals surface area contributed by atoms with Gasteiger partial charge in [-0.3, -0.25) is 4.79 Å². The lowest BCUT2D eigenvalue weighted by Gasteiger charge is -2.25. The van der Waals surface area contributed by atoms with E-state index in [2.05, 4.69) is 16.4 Å². The fourth-order valence-corrected chi connectivity index (χ4v) is 4.44. The van der Waals surface area contributed by atoms with Gasteiger partial charge in [0, 0.05) is 27.6 Å². The number of benzene rings is 2. The van der Waals surface area contributed by atoms with E-state index < -0.39 is 0 Å². The van der Waals surface area contributed by atoms with Crippen LogP contribution in [0.5, 0.6) is 11.5 Å². The number of hydrogen-bond donors (Lipinski definition) is 2. The van der Waals surface area contributed by atoms with Crippen LogP contribution in [0, 0.1) is 0 Å². The molecule has 5 rings (SSSR count). The highest BCUT2D eigenvalue weighted by atomic mass is 32.1. The van der Waals surface area contributed by atoms with Crippen molar-refractivity contribution in [3.8, 4) is 11.5 Å². The Morgan fingerprint density at radius 2 is 1.87 bits per heavy atom. The minimum atomic E-state index is -0.148. The summed E-state index contributed by atoms with van der Waals surface area (Å²) in [7, 11) is 0. The van der Waals surface area contributed by atoms with Gasteiger partial charge in [0.2, 0.25) is 6.79 Å². The zero-order chi connectivity index (χ0) is 21.2. The van der Waals surface area contributed by atoms with Crippen LogP contribution in [0.1, 0.15) is 10.4 Å². The SMILES string of the molecule is O=c1[nH]c2cc3c(cc2cc1CN(Cc1cccs1)C(=S)Nc1ccccc1)OCO3. The number of nitrogens with one attached hydrogen (secondary N) is 2. The van der Waals surface area contributed by atoms with Gasteiger partial charge in [0.15, 0.2) is 16.6 Å². The number of pyridine rings is 1. The average Bonchev–Trinajstić information content (AvgIpc) is 3.44. The third kappa shape index (κ3) is 4.26. The summed E-state index contributed by atoms with van der Waals surface area (Å²) in [6.45, 7) is 1.17. The lowest BCUT2D eigenvalue weighted by atomic mass is 10.1. The monoisotopic (exact) mass is 449 g/mol. The number of anilines is 1. The molecule has 4 aromatic rings. The fourth-order valence-electron chi connectivity index (χ4n) is 3.48. The number of aromatic amines is 1. The van der Waals surface area contributed by atoms with Gasteiger partial charge >= 0.3 is 0 Å². The molecule has 0 unspecified atom stereocenters. The standard InChI is InChI=1S/C23H19N3O3S2/c27-22-16(9-15-10-20-21(29-14-28-20)11-19(15)25-22)12-26(13-18-7-4-8-31-18)23(30)24-17-5-2-1-3-6-17/h1-11H,12-14H2,(H,24,30)(H,25,27). The highest BCUT2D eigenvalue weighted by molar-refractivity contribution is 7.80. The quantitative estimate of drug-likeness (QED) is 0.430. The van der Waals surface area contributed by atoms with Gasteiger partial charge in [-0.2, -0.15) is 0 Å². The summed E-state index contributed by atoms with van der Waals surface area (Å²) in [5.74, 6) is 1.32. The van der Waals surface area contributed by atoms with Crippen LogP contribution in [0.4, 0.5) is 5.69 Å². The van der Waals surface area contributed by atoms with Crippen LogP contribution in [-0.2, 0) is 13.1 Å². The van der Waals surface area contributed by atoms with Crippen molar-refractivity contribution in [2.45, 2.75) is 13.1 Å². The Balaban J connectivity index is 1.45. The predicted molar refractivity (Wildman–Crippen MR) is 127 cm³/mol. The Hall–Kier alpha value is -3.36. The van der Waals surface area contributed by atoms with E-state index in [4.69, 9.17) is 21.7 Å². The molecule has 3 heterocycles. The van der Waals surface area contributed by atoms with Crippen molar-refractivity contribution in [3.05, 3.63) is 86.8 Å². The molecule has 0 saturated heterocycles. The Kier molecular flexibility index (Phi) is 5.31. The summed E-state index contributed by atoms with van der Waals surface area (Å²) >= 11 is 7.36. The molecule has 0 spiro atoms. The fraction of sp³-hybridized carbons (Fsp3) is 0.130. The molecule has 0 saturated carbocycles. The van der Waals surface area contributed by atoms with Gasteiger partial charge in [-0.05, 0) is 47.9 Å². The molecule has 156 valence electrons. The smallest absolute Gasteiger partial charge is 0.253 e. The number of thiocarbonyl (C=S) groups is 1. The third-order valence-corrected chi connectivity index (χ3v) is 6.24. The number of fused-ring (bicyclic) bond motifs is 2. The molecule has 6 nitrogen and oxygen atoms in total. The molecule has 0 radical (unpaired) electrons. The molecule has 2 N–H and O–H groups in total. The minimum absolute atomic E-state index is 0.148. The van der Waals surface area contributed by atoms with Gasteiger partial charge in [0.25, 0.3) is 5.56 Å². The second-order valence-electron chi connectivity index (χ2n) is 7.15. The number of aromatic nitrogens is 1. The van der Waals surface area contributed by atoms with Crippen molar-refractivity contribution in [1.82, 2.24) is 9.88 Å². The van der Waals surface area contributed by atoms with Crippen molar-refractivity contribution in [2.24, 2.45) is 0 Å². The molecular weight excluding hydrogens is 430 g/mol. The molecule has 1 aliphatic heterocycles. The van der Waals surface area contributed by atoms with Gasteiger partial charge < -0.3 is 24.7 Å². The molecule has 0 bridgehead atoms. The van der Waals surface area contributed by atoms with E-state index in [1.165, 1.54) is 0 Å². The Morgan fingerprint density at radius 3 is 2.65 bits per heavy atom. The molecule has 8 heteroatoms. The van der Waals surface area contributed by atoms with Gasteiger partial charge in [0.05, 0.1) is 18.6 Å². The van der Waals surface area contributed by atoms with Crippen molar-refractivity contribution >= 4 is 45.3 Å². The molecule has 0 aliphatic carbocycles. The number of H-pyrrole nitrogens is 1. The largest absolute Gasteiger partial charge is 0.454 e. The van der Waals surface area contributed by atoms with E-state index >= 15 is 0 Å². The van der Waals surface area contributed by atoms with Crippen LogP contribution >= 0.6 is 23.6 Å². The molecule has 2 aromatic heterocycles. The van der Waals surface area contributed by atoms with Crippen molar-refractivity contribution in [2.75, 3.05) is 12.1 Å². The summed E-state index contributed by atoms with van der Waals surface area (Å²) < 4.78 is 10.9. The molecule has 31 heavy (non-hydrogen) atoms. The van der Waals surface area contributed by atoms with Crippen LogP contribution in [0.3, 0.4) is 0 Å². The lowest BCUT2D eigenvalue weighted by molar-refractivity contribution is 0.174. The molecule has 0 amide bonds. The Bertz CT molecular complexity index is 1290. The summed E-state index contributed by atoms with van der Waals surface area (Å²) in [4.78, 5) is 19.0. The first-order chi connectivity index (χ1) is 15.2. The zero-order valence-electron chi connectivity index (χ0n) is 16.5. The molecule has 2 aromatic carbocycles. The second kappa shape index (κ2) is 8.41. The van der Waals surface area contributed by atoms with Crippen molar-refractivity contribution in [3.63, 3.8) is 0 Å². The van der Waals surface area contributed by atoms with Gasteiger partial charge in [-0.1, -0.05) is 24.3 Å². The molecule has 1 aliphatic rings. The van der Waals surface area contributed by atoms with Crippen molar-refractivity contribution < 1.29 is 9.47 Å². The number of hydrogen-bond acceptors (Lipinski definition) is 5. The van der Waals surface area contributed by atoms with Crippen molar-refractivity contribution in [1.29, 1.82) is 0 Å². The van der Waals surface area contributed by atoms with Crippen LogP contribution in [-0.4, -0.2) is 21.8 Å². The Labute approximate surface area is 188 Å². The Morgan fingerprint density at radius 1 is 1.06 bits per heavy atom. The number of rotatable bonds is 5. The van der Waals surface area contributed by atoms with Crippen LogP contribution in [0.2, 0.25) is 0 Å². The first kappa shape index (κ1) is 19.6. The summed E-state index contributed by atoms with van der Waals surface area (Å²) in [6.07, 6.45) is 0. The first-order valence-electron chi connectivity index (χ1n) is 9.74. The highest BCUT2D eigenvalue weighted by Gasteiger charge is 2.18. The van der Waals surface area contributed by atoms with E-state index in [1.807, 2.05) is 58.8 Å².